The topological polar surface area (TPSA) is 21.3 Å². The molecule has 0 saturated carbocycles. The van der Waals surface area contributed by atoms with Crippen molar-refractivity contribution in [2.75, 3.05) is 18.5 Å². The molecule has 0 spiro atoms. The fourth-order valence-electron chi connectivity index (χ4n) is 1.69. The minimum atomic E-state index is -0.438. The molecule has 19 heavy (non-hydrogen) atoms. The van der Waals surface area contributed by atoms with Crippen LogP contribution in [0.4, 0.5) is 10.1 Å². The molecule has 0 aromatic heterocycles. The van der Waals surface area contributed by atoms with E-state index < -0.39 is 5.82 Å². The van der Waals surface area contributed by atoms with E-state index in [-0.39, 0.29) is 5.02 Å². The van der Waals surface area contributed by atoms with E-state index in [1.165, 1.54) is 17.7 Å². The third kappa shape index (κ3) is 4.14. The molecule has 0 saturated heterocycles. The number of benzene rings is 2. The van der Waals surface area contributed by atoms with Crippen LogP contribution in [0.15, 0.2) is 42.5 Å². The summed E-state index contributed by atoms with van der Waals surface area (Å²) in [6.45, 7) is 3.19. The second-order valence-electron chi connectivity index (χ2n) is 4.22. The molecule has 4 heteroatoms. The van der Waals surface area contributed by atoms with E-state index in [2.05, 4.69) is 11.4 Å². The summed E-state index contributed by atoms with van der Waals surface area (Å²) in [5, 5.41) is 3.32. The van der Waals surface area contributed by atoms with Gasteiger partial charge in [0.15, 0.2) is 0 Å². The molecule has 0 amide bonds. The molecule has 0 unspecified atom stereocenters. The molecule has 0 aliphatic rings. The first-order valence-electron chi connectivity index (χ1n) is 6.03. The number of hydrogen-bond acceptors (Lipinski definition) is 2. The molecule has 2 aromatic rings. The first-order chi connectivity index (χ1) is 9.15. The number of nitrogens with one attached hydrogen (secondary N) is 1. The molecule has 0 aliphatic heterocycles. The van der Waals surface area contributed by atoms with Crippen LogP contribution < -0.4 is 10.1 Å². The third-order valence-corrected chi connectivity index (χ3v) is 2.90. The standard InChI is InChI=1S/C15H15ClFNO/c1-11-3-2-4-12(9-11)18-7-8-19-13-5-6-15(17)14(16)10-13/h2-6,9-10,18H,7-8H2,1H3. The minimum absolute atomic E-state index is 0.0733. The first kappa shape index (κ1) is 13.7. The summed E-state index contributed by atoms with van der Waals surface area (Å²) in [5.74, 6) is 0.129. The highest BCUT2D eigenvalue weighted by atomic mass is 35.5. The lowest BCUT2D eigenvalue weighted by atomic mass is 10.2. The van der Waals surface area contributed by atoms with Crippen molar-refractivity contribution in [1.29, 1.82) is 0 Å². The molecule has 2 rings (SSSR count). The number of ether oxygens (including phenoxy) is 1. The first-order valence-corrected chi connectivity index (χ1v) is 6.41. The van der Waals surface area contributed by atoms with Gasteiger partial charge in [-0.3, -0.25) is 0 Å². The average molecular weight is 280 g/mol. The zero-order valence-electron chi connectivity index (χ0n) is 10.6. The molecule has 0 aliphatic carbocycles. The zero-order valence-corrected chi connectivity index (χ0v) is 11.4. The predicted octanol–water partition coefficient (Wildman–Crippen LogP) is 4.28. The second-order valence-corrected chi connectivity index (χ2v) is 4.63. The lowest BCUT2D eigenvalue weighted by Gasteiger charge is -2.09. The molecule has 0 atom stereocenters. The minimum Gasteiger partial charge on any atom is -0.492 e. The maximum absolute atomic E-state index is 12.9. The Labute approximate surface area is 117 Å². The summed E-state index contributed by atoms with van der Waals surface area (Å²) in [4.78, 5) is 0. The highest BCUT2D eigenvalue weighted by molar-refractivity contribution is 6.30. The van der Waals surface area contributed by atoms with Gasteiger partial charge in [-0.1, -0.05) is 23.7 Å². The average Bonchev–Trinajstić information content (AvgIpc) is 2.39. The van der Waals surface area contributed by atoms with E-state index in [1.54, 1.807) is 6.07 Å². The van der Waals surface area contributed by atoms with Gasteiger partial charge in [0.1, 0.15) is 18.2 Å². The van der Waals surface area contributed by atoms with Crippen LogP contribution in [0.2, 0.25) is 5.02 Å². The lowest BCUT2D eigenvalue weighted by molar-refractivity contribution is 0.332. The SMILES string of the molecule is Cc1cccc(NCCOc2ccc(F)c(Cl)c2)c1. The van der Waals surface area contributed by atoms with Crippen molar-refractivity contribution in [3.8, 4) is 5.75 Å². The zero-order chi connectivity index (χ0) is 13.7. The van der Waals surface area contributed by atoms with E-state index in [1.807, 2.05) is 25.1 Å². The van der Waals surface area contributed by atoms with Gasteiger partial charge in [-0.2, -0.15) is 0 Å². The highest BCUT2D eigenvalue weighted by Gasteiger charge is 2.01. The Hall–Kier alpha value is -1.74. The number of rotatable bonds is 5. The third-order valence-electron chi connectivity index (χ3n) is 2.61. The molecule has 0 heterocycles. The quantitative estimate of drug-likeness (QED) is 0.825. The van der Waals surface area contributed by atoms with Crippen molar-refractivity contribution >= 4 is 17.3 Å². The van der Waals surface area contributed by atoms with Crippen LogP contribution in [0.25, 0.3) is 0 Å². The summed E-state index contributed by atoms with van der Waals surface area (Å²) in [7, 11) is 0. The van der Waals surface area contributed by atoms with Crippen LogP contribution in [-0.2, 0) is 0 Å². The van der Waals surface area contributed by atoms with E-state index in [0.29, 0.717) is 18.9 Å². The Morgan fingerprint density at radius 1 is 1.21 bits per heavy atom. The van der Waals surface area contributed by atoms with Gasteiger partial charge in [0.05, 0.1) is 5.02 Å². The van der Waals surface area contributed by atoms with Crippen molar-refractivity contribution in [2.45, 2.75) is 6.92 Å². The maximum Gasteiger partial charge on any atom is 0.142 e. The Morgan fingerprint density at radius 3 is 2.79 bits per heavy atom. The molecular formula is C15H15ClFNO. The highest BCUT2D eigenvalue weighted by Crippen LogP contribution is 2.20. The van der Waals surface area contributed by atoms with Gasteiger partial charge in [0.25, 0.3) is 0 Å². The van der Waals surface area contributed by atoms with Crippen molar-refractivity contribution in [2.24, 2.45) is 0 Å². The van der Waals surface area contributed by atoms with Crippen molar-refractivity contribution in [3.63, 3.8) is 0 Å². The Bertz CT molecular complexity index is 560. The normalized spacial score (nSPS) is 10.3. The largest absolute Gasteiger partial charge is 0.492 e. The summed E-state index contributed by atoms with van der Waals surface area (Å²) >= 11 is 5.67. The van der Waals surface area contributed by atoms with Gasteiger partial charge >= 0.3 is 0 Å². The molecule has 2 aromatic carbocycles. The predicted molar refractivity (Wildman–Crippen MR) is 76.6 cm³/mol. The number of anilines is 1. The van der Waals surface area contributed by atoms with E-state index in [0.717, 1.165) is 5.69 Å². The maximum atomic E-state index is 12.9. The smallest absolute Gasteiger partial charge is 0.142 e. The molecule has 100 valence electrons. The Kier molecular flexibility index (Phi) is 4.63. The van der Waals surface area contributed by atoms with Gasteiger partial charge in [-0.25, -0.2) is 4.39 Å². The molecule has 2 nitrogen and oxygen atoms in total. The van der Waals surface area contributed by atoms with Crippen LogP contribution in [0.5, 0.6) is 5.75 Å². The Balaban J connectivity index is 1.79. The van der Waals surface area contributed by atoms with Crippen LogP contribution in [-0.4, -0.2) is 13.2 Å². The van der Waals surface area contributed by atoms with Crippen molar-refractivity contribution in [1.82, 2.24) is 0 Å². The van der Waals surface area contributed by atoms with Gasteiger partial charge in [0, 0.05) is 18.3 Å². The molecule has 0 radical (unpaired) electrons. The van der Waals surface area contributed by atoms with Crippen LogP contribution in [0, 0.1) is 12.7 Å². The van der Waals surface area contributed by atoms with Gasteiger partial charge in [-0.15, -0.1) is 0 Å². The van der Waals surface area contributed by atoms with Gasteiger partial charge < -0.3 is 10.1 Å². The van der Waals surface area contributed by atoms with E-state index >= 15 is 0 Å². The lowest BCUT2D eigenvalue weighted by Crippen LogP contribution is -2.11. The summed E-state index contributed by atoms with van der Waals surface area (Å²) in [6.07, 6.45) is 0. The Morgan fingerprint density at radius 2 is 2.05 bits per heavy atom. The molecular weight excluding hydrogens is 265 g/mol. The van der Waals surface area contributed by atoms with Crippen molar-refractivity contribution in [3.05, 3.63) is 58.9 Å². The number of halogens is 2. The summed E-state index contributed by atoms with van der Waals surface area (Å²) in [6, 6.07) is 12.4. The van der Waals surface area contributed by atoms with Crippen LogP contribution in [0.3, 0.4) is 0 Å². The van der Waals surface area contributed by atoms with Crippen molar-refractivity contribution < 1.29 is 9.13 Å². The summed E-state index contributed by atoms with van der Waals surface area (Å²) < 4.78 is 18.4. The van der Waals surface area contributed by atoms with E-state index in [4.69, 9.17) is 16.3 Å². The second kappa shape index (κ2) is 6.43. The monoisotopic (exact) mass is 279 g/mol. The van der Waals surface area contributed by atoms with Gasteiger partial charge in [-0.05, 0) is 36.8 Å². The number of hydrogen-bond donors (Lipinski definition) is 1. The molecule has 0 bridgehead atoms. The van der Waals surface area contributed by atoms with E-state index in [9.17, 15) is 4.39 Å². The fraction of sp³-hybridized carbons (Fsp3) is 0.200. The molecule has 1 N–H and O–H groups in total. The molecule has 0 fully saturated rings. The van der Waals surface area contributed by atoms with Gasteiger partial charge in [0.2, 0.25) is 0 Å². The number of aryl methyl sites for hydroxylation is 1. The summed E-state index contributed by atoms with van der Waals surface area (Å²) in [5.41, 5.74) is 2.26. The fourth-order valence-corrected chi connectivity index (χ4v) is 1.86. The van der Waals surface area contributed by atoms with Crippen LogP contribution >= 0.6 is 11.6 Å². The van der Waals surface area contributed by atoms with Crippen LogP contribution in [0.1, 0.15) is 5.56 Å².